The molecule has 1 saturated heterocycles. The maximum Gasteiger partial charge on any atom is 0.255 e. The molecule has 0 aliphatic carbocycles. The average Bonchev–Trinajstić information content (AvgIpc) is 2.93. The lowest BCUT2D eigenvalue weighted by Gasteiger charge is -2.20. The van der Waals surface area contributed by atoms with Gasteiger partial charge in [0.05, 0.1) is 24.8 Å². The van der Waals surface area contributed by atoms with E-state index in [0.717, 1.165) is 19.4 Å². The first-order chi connectivity index (χ1) is 9.11. The number of aromatic hydroxyl groups is 1. The number of hydrogen-bond donors (Lipinski definition) is 2. The highest BCUT2D eigenvalue weighted by atomic mass is 16.5. The van der Waals surface area contributed by atoms with Gasteiger partial charge in [0.15, 0.2) is 0 Å². The van der Waals surface area contributed by atoms with Crippen molar-refractivity contribution in [2.45, 2.75) is 31.9 Å². The molecular formula is C14H19NO4. The van der Waals surface area contributed by atoms with Crippen LogP contribution in [-0.4, -0.2) is 36.9 Å². The standard InChI is InChI=1S/C14H19NO4/c1-9(13-4-3-7-19-13)15-14(17)11-8-10(18-2)5-6-12(11)16/h5-6,8-9,13,16H,3-4,7H2,1-2H3,(H,15,17). The molecule has 2 unspecified atom stereocenters. The first-order valence-electron chi connectivity index (χ1n) is 6.41. The van der Waals surface area contributed by atoms with Gasteiger partial charge in [0, 0.05) is 6.61 Å². The third-order valence-electron chi connectivity index (χ3n) is 3.33. The first-order valence-corrected chi connectivity index (χ1v) is 6.41. The number of nitrogens with one attached hydrogen (secondary N) is 1. The third-order valence-corrected chi connectivity index (χ3v) is 3.33. The maximum absolute atomic E-state index is 12.1. The van der Waals surface area contributed by atoms with Crippen LogP contribution in [0.1, 0.15) is 30.1 Å². The number of carbonyl (C=O) groups excluding carboxylic acids is 1. The summed E-state index contributed by atoms with van der Waals surface area (Å²) < 4.78 is 10.6. The van der Waals surface area contributed by atoms with Crippen molar-refractivity contribution < 1.29 is 19.4 Å². The summed E-state index contributed by atoms with van der Waals surface area (Å²) in [5.74, 6) is 0.157. The molecule has 1 heterocycles. The largest absolute Gasteiger partial charge is 0.507 e. The van der Waals surface area contributed by atoms with E-state index in [9.17, 15) is 9.90 Å². The van der Waals surface area contributed by atoms with Crippen molar-refractivity contribution in [2.75, 3.05) is 13.7 Å². The molecule has 0 spiro atoms. The lowest BCUT2D eigenvalue weighted by atomic mass is 10.1. The van der Waals surface area contributed by atoms with E-state index in [2.05, 4.69) is 5.32 Å². The molecule has 1 aliphatic heterocycles. The van der Waals surface area contributed by atoms with E-state index >= 15 is 0 Å². The van der Waals surface area contributed by atoms with E-state index in [4.69, 9.17) is 9.47 Å². The van der Waals surface area contributed by atoms with E-state index in [1.165, 1.54) is 19.2 Å². The summed E-state index contributed by atoms with van der Waals surface area (Å²) in [7, 11) is 1.52. The number of amides is 1. The number of phenols is 1. The van der Waals surface area contributed by atoms with Crippen LogP contribution in [0.4, 0.5) is 0 Å². The quantitative estimate of drug-likeness (QED) is 0.869. The number of rotatable bonds is 4. The van der Waals surface area contributed by atoms with Gasteiger partial charge in [0.2, 0.25) is 0 Å². The van der Waals surface area contributed by atoms with Gasteiger partial charge in [-0.05, 0) is 38.0 Å². The SMILES string of the molecule is COc1ccc(O)c(C(=O)NC(C)C2CCCO2)c1. The van der Waals surface area contributed by atoms with Crippen LogP contribution in [0, 0.1) is 0 Å². The summed E-state index contributed by atoms with van der Waals surface area (Å²) in [5.41, 5.74) is 0.212. The van der Waals surface area contributed by atoms with Crippen molar-refractivity contribution in [1.82, 2.24) is 5.32 Å². The lowest BCUT2D eigenvalue weighted by Crippen LogP contribution is -2.40. The summed E-state index contributed by atoms with van der Waals surface area (Å²) in [6.07, 6.45) is 2.03. The van der Waals surface area contributed by atoms with Gasteiger partial charge in [-0.25, -0.2) is 0 Å². The Kier molecular flexibility index (Phi) is 4.27. The number of carbonyl (C=O) groups is 1. The minimum atomic E-state index is -0.320. The van der Waals surface area contributed by atoms with Crippen molar-refractivity contribution in [3.8, 4) is 11.5 Å². The molecule has 5 heteroatoms. The van der Waals surface area contributed by atoms with Gasteiger partial charge in [0.1, 0.15) is 11.5 Å². The Hall–Kier alpha value is -1.75. The molecule has 1 aromatic rings. The Bertz CT molecular complexity index is 455. The fourth-order valence-electron chi connectivity index (χ4n) is 2.20. The summed E-state index contributed by atoms with van der Waals surface area (Å²) in [4.78, 5) is 12.1. The van der Waals surface area contributed by atoms with Crippen LogP contribution in [-0.2, 0) is 4.74 Å². The highest BCUT2D eigenvalue weighted by Gasteiger charge is 2.24. The number of benzene rings is 1. The van der Waals surface area contributed by atoms with Gasteiger partial charge >= 0.3 is 0 Å². The van der Waals surface area contributed by atoms with Gasteiger partial charge in [-0.15, -0.1) is 0 Å². The molecule has 104 valence electrons. The highest BCUT2D eigenvalue weighted by molar-refractivity contribution is 5.97. The van der Waals surface area contributed by atoms with Crippen molar-refractivity contribution in [3.05, 3.63) is 23.8 Å². The molecular weight excluding hydrogens is 246 g/mol. The summed E-state index contributed by atoms with van der Waals surface area (Å²) >= 11 is 0. The van der Waals surface area contributed by atoms with Gasteiger partial charge in [-0.3, -0.25) is 4.79 Å². The molecule has 1 fully saturated rings. The van der Waals surface area contributed by atoms with Crippen LogP contribution >= 0.6 is 0 Å². The third kappa shape index (κ3) is 3.17. The maximum atomic E-state index is 12.1. The van der Waals surface area contributed by atoms with E-state index in [-0.39, 0.29) is 29.4 Å². The number of hydrogen-bond acceptors (Lipinski definition) is 4. The molecule has 2 N–H and O–H groups in total. The normalized spacial score (nSPS) is 20.0. The van der Waals surface area contributed by atoms with Gasteiger partial charge in [-0.1, -0.05) is 0 Å². The van der Waals surface area contributed by atoms with E-state index < -0.39 is 0 Å². The Balaban J connectivity index is 2.06. The molecule has 1 amide bonds. The fourth-order valence-corrected chi connectivity index (χ4v) is 2.20. The highest BCUT2D eigenvalue weighted by Crippen LogP contribution is 2.23. The van der Waals surface area contributed by atoms with Crippen molar-refractivity contribution in [2.24, 2.45) is 0 Å². The Morgan fingerprint density at radius 3 is 3.00 bits per heavy atom. The van der Waals surface area contributed by atoms with Crippen LogP contribution < -0.4 is 10.1 Å². The van der Waals surface area contributed by atoms with Gasteiger partial charge < -0.3 is 19.9 Å². The van der Waals surface area contributed by atoms with Gasteiger partial charge in [-0.2, -0.15) is 0 Å². The first kappa shape index (κ1) is 13.7. The number of ether oxygens (including phenoxy) is 2. The number of methoxy groups -OCH3 is 1. The predicted molar refractivity (Wildman–Crippen MR) is 70.6 cm³/mol. The molecule has 1 aliphatic rings. The van der Waals surface area contributed by atoms with Crippen molar-refractivity contribution in [3.63, 3.8) is 0 Å². The minimum Gasteiger partial charge on any atom is -0.507 e. The molecule has 2 rings (SSSR count). The molecule has 0 bridgehead atoms. The summed E-state index contributed by atoms with van der Waals surface area (Å²) in [5, 5.41) is 12.6. The average molecular weight is 265 g/mol. The van der Waals surface area contributed by atoms with E-state index in [1.54, 1.807) is 6.07 Å². The van der Waals surface area contributed by atoms with Crippen LogP contribution in [0.25, 0.3) is 0 Å². The zero-order valence-electron chi connectivity index (χ0n) is 11.2. The Morgan fingerprint density at radius 1 is 1.58 bits per heavy atom. The zero-order valence-corrected chi connectivity index (χ0v) is 11.2. The molecule has 2 atom stereocenters. The van der Waals surface area contributed by atoms with E-state index in [0.29, 0.717) is 5.75 Å². The zero-order chi connectivity index (χ0) is 13.8. The predicted octanol–water partition coefficient (Wildman–Crippen LogP) is 1.70. The molecule has 1 aromatic carbocycles. The van der Waals surface area contributed by atoms with Crippen LogP contribution in [0.15, 0.2) is 18.2 Å². The smallest absolute Gasteiger partial charge is 0.255 e. The molecule has 19 heavy (non-hydrogen) atoms. The van der Waals surface area contributed by atoms with Crippen molar-refractivity contribution in [1.29, 1.82) is 0 Å². The second-order valence-electron chi connectivity index (χ2n) is 4.70. The summed E-state index contributed by atoms with van der Waals surface area (Å²) in [6, 6.07) is 4.49. The van der Waals surface area contributed by atoms with Crippen LogP contribution in [0.5, 0.6) is 11.5 Å². The number of phenolic OH excluding ortho intramolecular Hbond substituents is 1. The summed E-state index contributed by atoms with van der Waals surface area (Å²) in [6.45, 7) is 2.65. The Labute approximate surface area is 112 Å². The minimum absolute atomic E-state index is 0.0525. The van der Waals surface area contributed by atoms with Crippen molar-refractivity contribution >= 4 is 5.91 Å². The fraction of sp³-hybridized carbons (Fsp3) is 0.500. The van der Waals surface area contributed by atoms with Gasteiger partial charge in [0.25, 0.3) is 5.91 Å². The second kappa shape index (κ2) is 5.93. The molecule has 0 radical (unpaired) electrons. The van der Waals surface area contributed by atoms with Crippen LogP contribution in [0.2, 0.25) is 0 Å². The van der Waals surface area contributed by atoms with Crippen LogP contribution in [0.3, 0.4) is 0 Å². The monoisotopic (exact) mass is 265 g/mol. The van der Waals surface area contributed by atoms with E-state index in [1.807, 2.05) is 6.92 Å². The second-order valence-corrected chi connectivity index (χ2v) is 4.70. The molecule has 0 aromatic heterocycles. The molecule has 5 nitrogen and oxygen atoms in total. The topological polar surface area (TPSA) is 67.8 Å². The Morgan fingerprint density at radius 2 is 2.37 bits per heavy atom. The molecule has 0 saturated carbocycles. The lowest BCUT2D eigenvalue weighted by molar-refractivity contribution is 0.0710.